The normalized spacial score (nSPS) is 17.3. The van der Waals surface area contributed by atoms with E-state index in [1.165, 1.54) is 0 Å². The summed E-state index contributed by atoms with van der Waals surface area (Å²) in [5.74, 6) is 0.901. The molecule has 6 heteroatoms. The van der Waals surface area contributed by atoms with Gasteiger partial charge in [0.25, 0.3) is 0 Å². The van der Waals surface area contributed by atoms with E-state index in [-0.39, 0.29) is 12.0 Å². The second-order valence-corrected chi connectivity index (χ2v) is 6.76. The van der Waals surface area contributed by atoms with Crippen LogP contribution in [0.4, 0.5) is 5.69 Å². The van der Waals surface area contributed by atoms with Crippen molar-refractivity contribution in [2.45, 2.75) is 18.9 Å². The first kappa shape index (κ1) is 16.1. The highest BCUT2D eigenvalue weighted by atomic mass is 16.5. The van der Waals surface area contributed by atoms with Gasteiger partial charge in [0.05, 0.1) is 35.2 Å². The number of aromatic amines is 1. The van der Waals surface area contributed by atoms with Crippen LogP contribution in [0.3, 0.4) is 0 Å². The lowest BCUT2D eigenvalue weighted by Gasteiger charge is -2.23. The Morgan fingerprint density at radius 1 is 1.19 bits per heavy atom. The molecule has 136 valence electrons. The summed E-state index contributed by atoms with van der Waals surface area (Å²) in [7, 11) is 0. The van der Waals surface area contributed by atoms with Crippen molar-refractivity contribution in [3.63, 3.8) is 0 Å². The Morgan fingerprint density at radius 3 is 2.96 bits per heavy atom. The van der Waals surface area contributed by atoms with Crippen LogP contribution in [0, 0.1) is 0 Å². The largest absolute Gasteiger partial charge is 0.494 e. The van der Waals surface area contributed by atoms with Crippen molar-refractivity contribution >= 4 is 29.0 Å². The predicted octanol–water partition coefficient (Wildman–Crippen LogP) is 2.55. The average Bonchev–Trinajstić information content (AvgIpc) is 3.27. The molecule has 2 aromatic carbocycles. The first-order valence-corrected chi connectivity index (χ1v) is 9.08. The van der Waals surface area contributed by atoms with Crippen LogP contribution in [-0.2, 0) is 4.74 Å². The number of nitrogens with one attached hydrogen (secondary N) is 1. The zero-order chi connectivity index (χ0) is 18.2. The van der Waals surface area contributed by atoms with E-state index in [0.29, 0.717) is 5.56 Å². The topological polar surface area (TPSA) is 79.2 Å². The molecular weight excluding hydrogens is 342 g/mol. The van der Waals surface area contributed by atoms with E-state index in [2.05, 4.69) is 15.0 Å². The first-order valence-electron chi connectivity index (χ1n) is 9.08. The first-order chi connectivity index (χ1) is 13.3. The lowest BCUT2D eigenvalue weighted by molar-refractivity contribution is 0.0262. The minimum atomic E-state index is 0.127. The lowest BCUT2D eigenvalue weighted by Crippen LogP contribution is -2.25. The number of H-pyrrole nitrogens is 1. The number of hydrogen-bond acceptors (Lipinski definition) is 5. The van der Waals surface area contributed by atoms with Crippen molar-refractivity contribution in [3.05, 3.63) is 52.5 Å². The molecule has 0 bridgehead atoms. The van der Waals surface area contributed by atoms with Gasteiger partial charge >= 0.3 is 0 Å². The quantitative estimate of drug-likeness (QED) is 0.752. The van der Waals surface area contributed by atoms with E-state index in [4.69, 9.17) is 9.47 Å². The molecule has 0 aliphatic carbocycles. The van der Waals surface area contributed by atoms with Crippen molar-refractivity contribution in [3.8, 4) is 11.6 Å². The zero-order valence-electron chi connectivity index (χ0n) is 14.7. The van der Waals surface area contributed by atoms with Crippen molar-refractivity contribution in [2.24, 2.45) is 9.98 Å². The number of aliphatic imine (C=N–C) groups is 1. The van der Waals surface area contributed by atoms with Crippen LogP contribution in [0.5, 0.6) is 11.6 Å². The number of nitrogens with zero attached hydrogens (tertiary/aromatic N) is 2. The van der Waals surface area contributed by atoms with Crippen LogP contribution < -0.4 is 15.3 Å². The van der Waals surface area contributed by atoms with Crippen LogP contribution in [0.2, 0.25) is 0 Å². The summed E-state index contributed by atoms with van der Waals surface area (Å²) >= 11 is 0. The molecule has 2 N–H and O–H groups in total. The van der Waals surface area contributed by atoms with Crippen LogP contribution in [0.15, 0.2) is 46.4 Å². The molecule has 1 saturated heterocycles. The van der Waals surface area contributed by atoms with Gasteiger partial charge in [0.15, 0.2) is 5.88 Å². The van der Waals surface area contributed by atoms with Crippen molar-refractivity contribution in [2.75, 3.05) is 13.2 Å². The predicted molar refractivity (Wildman–Crippen MR) is 103 cm³/mol. The van der Waals surface area contributed by atoms with Gasteiger partial charge in [-0.25, -0.2) is 9.98 Å². The van der Waals surface area contributed by atoms with E-state index in [1.54, 1.807) is 6.34 Å². The monoisotopic (exact) mass is 361 g/mol. The summed E-state index contributed by atoms with van der Waals surface area (Å²) < 4.78 is 11.7. The number of fused-ring (bicyclic) bond motifs is 2. The highest BCUT2D eigenvalue weighted by molar-refractivity contribution is 5.96. The number of aromatic hydroxyl groups is 1. The Hall–Kier alpha value is -3.12. The molecule has 2 aliphatic rings. The lowest BCUT2D eigenvalue weighted by atomic mass is 10.1. The summed E-state index contributed by atoms with van der Waals surface area (Å²) in [5, 5.41) is 13.2. The molecule has 0 unspecified atom stereocenters. The van der Waals surface area contributed by atoms with Crippen LogP contribution in [0.25, 0.3) is 17.0 Å². The SMILES string of the molecule is Oc1[nH]c2cccc(OC3CCOCC3)c2c1/C=c1/ccc2c(c1)N=CN=2. The molecule has 2 aliphatic heterocycles. The molecule has 27 heavy (non-hydrogen) atoms. The highest BCUT2D eigenvalue weighted by Crippen LogP contribution is 2.36. The van der Waals surface area contributed by atoms with Crippen LogP contribution in [0.1, 0.15) is 18.4 Å². The minimum absolute atomic E-state index is 0.127. The van der Waals surface area contributed by atoms with Gasteiger partial charge in [-0.05, 0) is 35.6 Å². The van der Waals surface area contributed by atoms with E-state index < -0.39 is 0 Å². The molecule has 0 atom stereocenters. The fourth-order valence-corrected chi connectivity index (χ4v) is 3.60. The fraction of sp³-hybridized carbons (Fsp3) is 0.238. The standard InChI is InChI=1S/C21H19N3O3/c25-21-15(10-13-4-5-16-18(11-13)23-12-22-16)20-17(24-21)2-1-3-19(20)27-14-6-8-26-9-7-14/h1-5,10-12,14,24-25H,6-9H2/b13-10-. The minimum Gasteiger partial charge on any atom is -0.494 e. The van der Waals surface area contributed by atoms with Gasteiger partial charge in [-0.15, -0.1) is 0 Å². The Balaban J connectivity index is 1.61. The maximum atomic E-state index is 10.5. The molecule has 0 radical (unpaired) electrons. The van der Waals surface area contributed by atoms with Crippen LogP contribution in [-0.4, -0.2) is 35.7 Å². The molecule has 0 spiro atoms. The van der Waals surface area contributed by atoms with Crippen molar-refractivity contribution < 1.29 is 14.6 Å². The summed E-state index contributed by atoms with van der Waals surface area (Å²) in [6.45, 7) is 1.44. The van der Waals surface area contributed by atoms with E-state index in [0.717, 1.165) is 59.0 Å². The highest BCUT2D eigenvalue weighted by Gasteiger charge is 2.19. The molecule has 3 aromatic rings. The Kier molecular flexibility index (Phi) is 3.90. The number of aromatic nitrogens is 1. The number of hydrogen-bond donors (Lipinski definition) is 2. The van der Waals surface area contributed by atoms with E-state index >= 15 is 0 Å². The smallest absolute Gasteiger partial charge is 0.197 e. The van der Waals surface area contributed by atoms with Gasteiger partial charge in [-0.1, -0.05) is 12.1 Å². The zero-order valence-corrected chi connectivity index (χ0v) is 14.7. The van der Waals surface area contributed by atoms with E-state index in [1.807, 2.05) is 42.5 Å². The number of ether oxygens (including phenoxy) is 2. The van der Waals surface area contributed by atoms with Gasteiger partial charge in [-0.3, -0.25) is 0 Å². The van der Waals surface area contributed by atoms with Gasteiger partial charge in [0.2, 0.25) is 0 Å². The molecule has 5 rings (SSSR count). The molecule has 6 nitrogen and oxygen atoms in total. The Labute approximate surface area is 155 Å². The number of rotatable bonds is 3. The fourth-order valence-electron chi connectivity index (χ4n) is 3.60. The Bertz CT molecular complexity index is 1160. The van der Waals surface area contributed by atoms with Gasteiger partial charge in [0, 0.05) is 18.4 Å². The van der Waals surface area contributed by atoms with E-state index in [9.17, 15) is 5.11 Å². The molecule has 0 saturated carbocycles. The van der Waals surface area contributed by atoms with Crippen molar-refractivity contribution in [1.82, 2.24) is 4.98 Å². The maximum Gasteiger partial charge on any atom is 0.197 e. The average molecular weight is 361 g/mol. The second-order valence-electron chi connectivity index (χ2n) is 6.76. The van der Waals surface area contributed by atoms with Crippen molar-refractivity contribution in [1.29, 1.82) is 0 Å². The molecule has 3 heterocycles. The summed E-state index contributed by atoms with van der Waals surface area (Å²) in [6, 6.07) is 11.7. The van der Waals surface area contributed by atoms with Crippen LogP contribution >= 0.6 is 0 Å². The third kappa shape index (κ3) is 2.98. The van der Waals surface area contributed by atoms with Gasteiger partial charge in [-0.2, -0.15) is 0 Å². The second kappa shape index (κ2) is 6.55. The van der Waals surface area contributed by atoms with Gasteiger partial charge < -0.3 is 19.6 Å². The third-order valence-electron chi connectivity index (χ3n) is 4.97. The van der Waals surface area contributed by atoms with Gasteiger partial charge in [0.1, 0.15) is 18.2 Å². The summed E-state index contributed by atoms with van der Waals surface area (Å²) in [4.78, 5) is 11.5. The third-order valence-corrected chi connectivity index (χ3v) is 4.97. The molecule has 0 amide bonds. The maximum absolute atomic E-state index is 10.5. The number of benzene rings is 2. The molecular formula is C21H19N3O3. The summed E-state index contributed by atoms with van der Waals surface area (Å²) in [5.41, 5.74) is 2.39. The molecule has 1 fully saturated rings. The Morgan fingerprint density at radius 2 is 2.07 bits per heavy atom. The molecule has 1 aromatic heterocycles. The summed E-state index contributed by atoms with van der Waals surface area (Å²) in [6.07, 6.45) is 5.37.